The molecule has 11 heteroatoms. The molecule has 11 nitrogen and oxygen atoms in total. The second-order valence-corrected chi connectivity index (χ2v) is 25.3. The van der Waals surface area contributed by atoms with Gasteiger partial charge in [0.15, 0.2) is 6.29 Å². The molecule has 1 amide bonds. The molecular formula is C73H137NO10. The fourth-order valence-electron chi connectivity index (χ4n) is 11.6. The predicted octanol–water partition coefficient (Wildman–Crippen LogP) is 17.5. The van der Waals surface area contributed by atoms with E-state index in [9.17, 15) is 40.5 Å². The highest BCUT2D eigenvalue weighted by atomic mass is 16.7. The number of aliphatic hydroxyl groups is 7. The van der Waals surface area contributed by atoms with Crippen LogP contribution in [0.25, 0.3) is 0 Å². The molecule has 0 bridgehead atoms. The number of carbonyl (C=O) groups is 1. The Kier molecular flexibility index (Phi) is 58.5. The maximum Gasteiger partial charge on any atom is 0.249 e. The average molecular weight is 1190 g/mol. The molecule has 9 atom stereocenters. The Morgan fingerprint density at radius 1 is 0.417 bits per heavy atom. The summed E-state index contributed by atoms with van der Waals surface area (Å²) in [6.45, 7) is 3.48. The number of ether oxygens (including phenoxy) is 2. The van der Waals surface area contributed by atoms with E-state index < -0.39 is 74.2 Å². The topological polar surface area (TPSA) is 189 Å². The first kappa shape index (κ1) is 80.1. The molecule has 1 aliphatic heterocycles. The van der Waals surface area contributed by atoms with Crippen LogP contribution in [-0.4, -0.2) is 110 Å². The SMILES string of the molecule is CCCCCCCCCCCCC/C=C\C/C=C\CCCCCCCCCCCCCCCCCCC(O)C(=O)NC(COC1OC(CO)C(O)C(O)C1O)C(O)C(O)CCC/C=C/CC/C=C/CCCCCCCCCCCCCCCC. The van der Waals surface area contributed by atoms with E-state index in [0.29, 0.717) is 19.3 Å². The van der Waals surface area contributed by atoms with Crippen molar-refractivity contribution in [2.24, 2.45) is 0 Å². The summed E-state index contributed by atoms with van der Waals surface area (Å²) >= 11 is 0. The molecule has 8 N–H and O–H groups in total. The molecule has 0 aromatic rings. The molecule has 0 radical (unpaired) electrons. The van der Waals surface area contributed by atoms with E-state index >= 15 is 0 Å². The molecule has 9 unspecified atom stereocenters. The fourth-order valence-corrected chi connectivity index (χ4v) is 11.6. The van der Waals surface area contributed by atoms with E-state index in [0.717, 1.165) is 44.9 Å². The van der Waals surface area contributed by atoms with Crippen LogP contribution in [0.4, 0.5) is 0 Å². The Morgan fingerprint density at radius 2 is 0.750 bits per heavy atom. The van der Waals surface area contributed by atoms with Crippen LogP contribution in [-0.2, 0) is 14.3 Å². The van der Waals surface area contributed by atoms with Crippen LogP contribution in [0, 0.1) is 0 Å². The number of nitrogens with one attached hydrogen (secondary N) is 1. The first-order valence-electron chi connectivity index (χ1n) is 36.0. The Morgan fingerprint density at radius 3 is 1.13 bits per heavy atom. The Balaban J connectivity index is 2.20. The first-order valence-corrected chi connectivity index (χ1v) is 36.0. The monoisotopic (exact) mass is 1190 g/mol. The van der Waals surface area contributed by atoms with E-state index in [1.165, 1.54) is 250 Å². The summed E-state index contributed by atoms with van der Waals surface area (Å²) < 4.78 is 11.2. The molecule has 1 aliphatic rings. The van der Waals surface area contributed by atoms with E-state index in [4.69, 9.17) is 9.47 Å². The second-order valence-electron chi connectivity index (χ2n) is 25.3. The van der Waals surface area contributed by atoms with Gasteiger partial charge in [-0.25, -0.2) is 0 Å². The maximum atomic E-state index is 13.3. The third-order valence-corrected chi connectivity index (χ3v) is 17.3. The van der Waals surface area contributed by atoms with Gasteiger partial charge < -0.3 is 50.5 Å². The van der Waals surface area contributed by atoms with Gasteiger partial charge in [-0.2, -0.15) is 0 Å². The van der Waals surface area contributed by atoms with Gasteiger partial charge in [-0.05, 0) is 83.5 Å². The zero-order valence-corrected chi connectivity index (χ0v) is 54.6. The summed E-state index contributed by atoms with van der Waals surface area (Å²) in [5.41, 5.74) is 0. The second kappa shape index (κ2) is 61.3. The van der Waals surface area contributed by atoms with Gasteiger partial charge in [0.2, 0.25) is 5.91 Å². The van der Waals surface area contributed by atoms with Gasteiger partial charge in [0, 0.05) is 0 Å². The van der Waals surface area contributed by atoms with Gasteiger partial charge in [0.1, 0.15) is 36.6 Å². The minimum atomic E-state index is -1.67. The lowest BCUT2D eigenvalue weighted by molar-refractivity contribution is -0.303. The summed E-state index contributed by atoms with van der Waals surface area (Å²) in [5.74, 6) is -0.706. The van der Waals surface area contributed by atoms with E-state index in [2.05, 4.69) is 67.8 Å². The van der Waals surface area contributed by atoms with Gasteiger partial charge in [-0.15, -0.1) is 0 Å². The Labute approximate surface area is 517 Å². The van der Waals surface area contributed by atoms with Crippen LogP contribution in [0.1, 0.15) is 341 Å². The number of amides is 1. The molecule has 1 saturated heterocycles. The van der Waals surface area contributed by atoms with Crippen molar-refractivity contribution in [3.05, 3.63) is 48.6 Å². The molecule has 0 spiro atoms. The lowest BCUT2D eigenvalue weighted by Gasteiger charge is -2.40. The van der Waals surface area contributed by atoms with Crippen LogP contribution in [0.3, 0.4) is 0 Å². The standard InChI is InChI=1S/C73H137NO10/c1-3-5-7-9-11-13-15-17-19-21-23-25-27-28-29-30-31-32-33-34-35-36-37-39-41-43-45-47-49-51-53-55-57-59-61-66(77)72(82)74-64(63-83-73-71(81)70(80)69(79)67(62-75)84-73)68(78)65(76)60-58-56-54-52-50-48-46-44-42-40-38-26-24-22-20-18-16-14-12-10-8-6-4-2/h27-28,30-31,44,46,52,54,64-71,73,75-81H,3-26,29,32-43,45,47-51,53,55-63H2,1-2H3,(H,74,82)/b28-27-,31-30-,46-44+,54-52+. The lowest BCUT2D eigenvalue weighted by Crippen LogP contribution is -2.60. The third-order valence-electron chi connectivity index (χ3n) is 17.3. The molecule has 0 aliphatic carbocycles. The predicted molar refractivity (Wildman–Crippen MR) is 353 cm³/mol. The molecule has 0 aromatic heterocycles. The number of hydrogen-bond donors (Lipinski definition) is 8. The van der Waals surface area contributed by atoms with Crippen molar-refractivity contribution in [3.8, 4) is 0 Å². The van der Waals surface area contributed by atoms with Crippen molar-refractivity contribution in [2.45, 2.75) is 396 Å². The van der Waals surface area contributed by atoms with Crippen molar-refractivity contribution >= 4 is 5.91 Å². The van der Waals surface area contributed by atoms with Gasteiger partial charge in [-0.3, -0.25) is 4.79 Å². The molecule has 1 fully saturated rings. The Bertz CT molecular complexity index is 1510. The number of carbonyl (C=O) groups excluding carboxylic acids is 1. The van der Waals surface area contributed by atoms with Gasteiger partial charge in [0.25, 0.3) is 0 Å². The molecule has 0 aromatic carbocycles. The smallest absolute Gasteiger partial charge is 0.249 e. The van der Waals surface area contributed by atoms with E-state index in [1.807, 2.05) is 0 Å². The minimum Gasteiger partial charge on any atom is -0.394 e. The van der Waals surface area contributed by atoms with Crippen molar-refractivity contribution < 1.29 is 50.0 Å². The zero-order valence-electron chi connectivity index (χ0n) is 54.6. The molecule has 84 heavy (non-hydrogen) atoms. The van der Waals surface area contributed by atoms with Crippen LogP contribution in [0.15, 0.2) is 48.6 Å². The van der Waals surface area contributed by atoms with Crippen molar-refractivity contribution in [1.29, 1.82) is 0 Å². The highest BCUT2D eigenvalue weighted by Gasteiger charge is 2.44. The van der Waals surface area contributed by atoms with Crippen LogP contribution < -0.4 is 5.32 Å². The number of allylic oxidation sites excluding steroid dienone is 8. The number of unbranched alkanes of at least 4 members (excludes halogenated alkanes) is 43. The summed E-state index contributed by atoms with van der Waals surface area (Å²) in [5, 5.41) is 76.5. The highest BCUT2D eigenvalue weighted by Crippen LogP contribution is 2.24. The molecule has 1 rings (SSSR count). The van der Waals surface area contributed by atoms with Gasteiger partial charge in [-0.1, -0.05) is 306 Å². The van der Waals surface area contributed by atoms with Crippen LogP contribution >= 0.6 is 0 Å². The molecule has 1 heterocycles. The number of hydrogen-bond acceptors (Lipinski definition) is 10. The Hall–Kier alpha value is -1.93. The average Bonchev–Trinajstić information content (AvgIpc) is 3.66. The summed E-state index contributed by atoms with van der Waals surface area (Å²) in [7, 11) is 0. The van der Waals surface area contributed by atoms with E-state index in [1.54, 1.807) is 0 Å². The van der Waals surface area contributed by atoms with E-state index in [-0.39, 0.29) is 12.8 Å². The van der Waals surface area contributed by atoms with Crippen molar-refractivity contribution in [3.63, 3.8) is 0 Å². The van der Waals surface area contributed by atoms with Crippen LogP contribution in [0.2, 0.25) is 0 Å². The molecular weight excluding hydrogens is 1050 g/mol. The lowest BCUT2D eigenvalue weighted by atomic mass is 9.98. The highest BCUT2D eigenvalue weighted by molar-refractivity contribution is 5.80. The zero-order chi connectivity index (χ0) is 61.0. The molecule has 0 saturated carbocycles. The first-order chi connectivity index (χ1) is 41.2. The van der Waals surface area contributed by atoms with Crippen molar-refractivity contribution in [1.82, 2.24) is 5.32 Å². The summed E-state index contributed by atoms with van der Waals surface area (Å²) in [4.78, 5) is 13.3. The van der Waals surface area contributed by atoms with Crippen LogP contribution in [0.5, 0.6) is 0 Å². The normalized spacial score (nSPS) is 19.2. The quantitative estimate of drug-likeness (QED) is 0.0215. The maximum absolute atomic E-state index is 13.3. The number of rotatable bonds is 63. The minimum absolute atomic E-state index is 0.247. The van der Waals surface area contributed by atoms with Gasteiger partial charge in [0.05, 0.1) is 25.4 Å². The van der Waals surface area contributed by atoms with Gasteiger partial charge >= 0.3 is 0 Å². The fraction of sp³-hybridized carbons (Fsp3) is 0.877. The summed E-state index contributed by atoms with van der Waals surface area (Å²) in [6, 6.07) is -1.19. The number of aliphatic hydroxyl groups excluding tert-OH is 7. The third kappa shape index (κ3) is 48.1. The molecule has 494 valence electrons. The van der Waals surface area contributed by atoms with Crippen molar-refractivity contribution in [2.75, 3.05) is 13.2 Å². The largest absolute Gasteiger partial charge is 0.394 e. The summed E-state index contributed by atoms with van der Waals surface area (Å²) in [6.07, 6.45) is 69.2.